The zero-order valence-electron chi connectivity index (χ0n) is 10.9. The summed E-state index contributed by atoms with van der Waals surface area (Å²) >= 11 is 0. The molecular weight excluding hydrogens is 210 g/mol. The molecule has 1 aliphatic rings. The first-order valence-corrected chi connectivity index (χ1v) is 6.60. The highest BCUT2D eigenvalue weighted by molar-refractivity contribution is 5.17. The SMILES string of the molecule is CNC(Cc1ccccc1)C1(C)CCCCO1. The average Bonchev–Trinajstić information content (AvgIpc) is 2.38. The number of rotatable bonds is 4. The van der Waals surface area contributed by atoms with Crippen molar-refractivity contribution in [3.05, 3.63) is 35.9 Å². The maximum Gasteiger partial charge on any atom is 0.0809 e. The van der Waals surface area contributed by atoms with Gasteiger partial charge in [0, 0.05) is 12.6 Å². The van der Waals surface area contributed by atoms with E-state index in [-0.39, 0.29) is 5.60 Å². The van der Waals surface area contributed by atoms with Crippen LogP contribution < -0.4 is 5.32 Å². The van der Waals surface area contributed by atoms with Gasteiger partial charge in [0.2, 0.25) is 0 Å². The van der Waals surface area contributed by atoms with E-state index in [9.17, 15) is 0 Å². The molecule has 2 nitrogen and oxygen atoms in total. The summed E-state index contributed by atoms with van der Waals surface area (Å²) in [7, 11) is 2.04. The lowest BCUT2D eigenvalue weighted by atomic mass is 9.85. The second kappa shape index (κ2) is 5.65. The number of hydrogen-bond acceptors (Lipinski definition) is 2. The minimum absolute atomic E-state index is 0.0111. The maximum atomic E-state index is 6.03. The summed E-state index contributed by atoms with van der Waals surface area (Å²) in [6, 6.07) is 11.0. The number of ether oxygens (including phenoxy) is 1. The van der Waals surface area contributed by atoms with Crippen molar-refractivity contribution in [2.24, 2.45) is 0 Å². The molecule has 17 heavy (non-hydrogen) atoms. The minimum Gasteiger partial charge on any atom is -0.374 e. The largest absolute Gasteiger partial charge is 0.374 e. The molecule has 1 aromatic rings. The molecule has 1 aromatic carbocycles. The van der Waals surface area contributed by atoms with Crippen molar-refractivity contribution in [1.29, 1.82) is 0 Å². The molecule has 0 radical (unpaired) electrons. The molecule has 1 saturated heterocycles. The maximum absolute atomic E-state index is 6.03. The lowest BCUT2D eigenvalue weighted by molar-refractivity contribution is -0.0870. The Balaban J connectivity index is 2.05. The van der Waals surface area contributed by atoms with Crippen molar-refractivity contribution >= 4 is 0 Å². The Kier molecular flexibility index (Phi) is 4.19. The molecule has 2 atom stereocenters. The second-order valence-corrected chi connectivity index (χ2v) is 5.15. The normalized spacial score (nSPS) is 26.7. The lowest BCUT2D eigenvalue weighted by Crippen LogP contribution is -2.52. The number of benzene rings is 1. The van der Waals surface area contributed by atoms with Crippen LogP contribution in [-0.2, 0) is 11.2 Å². The Bertz CT molecular complexity index is 330. The van der Waals surface area contributed by atoms with Crippen LogP contribution in [0.15, 0.2) is 30.3 Å². The first-order chi connectivity index (χ1) is 8.24. The molecule has 2 rings (SSSR count). The minimum atomic E-state index is -0.0111. The molecule has 0 saturated carbocycles. The Hall–Kier alpha value is -0.860. The number of hydrogen-bond donors (Lipinski definition) is 1. The van der Waals surface area contributed by atoms with E-state index < -0.39 is 0 Å². The van der Waals surface area contributed by atoms with Crippen molar-refractivity contribution in [2.75, 3.05) is 13.7 Å². The van der Waals surface area contributed by atoms with Gasteiger partial charge in [0.1, 0.15) is 0 Å². The van der Waals surface area contributed by atoms with Crippen LogP contribution in [0.2, 0.25) is 0 Å². The van der Waals surface area contributed by atoms with Crippen LogP contribution in [0.3, 0.4) is 0 Å². The summed E-state index contributed by atoms with van der Waals surface area (Å²) in [5.41, 5.74) is 1.37. The molecule has 0 aromatic heterocycles. The van der Waals surface area contributed by atoms with E-state index in [0.29, 0.717) is 6.04 Å². The molecule has 1 N–H and O–H groups in total. The van der Waals surface area contributed by atoms with Crippen molar-refractivity contribution in [1.82, 2.24) is 5.32 Å². The van der Waals surface area contributed by atoms with Crippen LogP contribution in [0.1, 0.15) is 31.7 Å². The summed E-state index contributed by atoms with van der Waals surface area (Å²) in [6.45, 7) is 3.15. The van der Waals surface area contributed by atoms with Crippen LogP contribution >= 0.6 is 0 Å². The Morgan fingerprint density at radius 1 is 1.29 bits per heavy atom. The molecule has 1 heterocycles. The van der Waals surface area contributed by atoms with E-state index in [2.05, 4.69) is 42.6 Å². The standard InChI is InChI=1S/C15H23NO/c1-15(10-6-7-11-17-15)14(16-2)12-13-8-4-3-5-9-13/h3-5,8-9,14,16H,6-7,10-12H2,1-2H3. The predicted octanol–water partition coefficient (Wildman–Crippen LogP) is 2.78. The highest BCUT2D eigenvalue weighted by atomic mass is 16.5. The molecule has 1 fully saturated rings. The zero-order valence-corrected chi connectivity index (χ0v) is 10.9. The van der Waals surface area contributed by atoms with Gasteiger partial charge >= 0.3 is 0 Å². The summed E-state index contributed by atoms with van der Waals surface area (Å²) in [6.07, 6.45) is 4.68. The van der Waals surface area contributed by atoms with Gasteiger partial charge in [0.25, 0.3) is 0 Å². The fourth-order valence-electron chi connectivity index (χ4n) is 2.70. The van der Waals surface area contributed by atoms with E-state index in [1.165, 1.54) is 18.4 Å². The first kappa shape index (κ1) is 12.6. The van der Waals surface area contributed by atoms with Crippen molar-refractivity contribution < 1.29 is 4.74 Å². The molecule has 2 heteroatoms. The van der Waals surface area contributed by atoms with Gasteiger partial charge in [-0.1, -0.05) is 30.3 Å². The Morgan fingerprint density at radius 3 is 2.65 bits per heavy atom. The third kappa shape index (κ3) is 3.08. The van der Waals surface area contributed by atoms with Crippen molar-refractivity contribution in [3.63, 3.8) is 0 Å². The van der Waals surface area contributed by atoms with Crippen LogP contribution in [0.5, 0.6) is 0 Å². The second-order valence-electron chi connectivity index (χ2n) is 5.15. The molecule has 1 aliphatic heterocycles. The molecule has 2 unspecified atom stereocenters. The van der Waals surface area contributed by atoms with Crippen molar-refractivity contribution in [2.45, 2.75) is 44.2 Å². The Labute approximate surface area is 104 Å². The van der Waals surface area contributed by atoms with Crippen LogP contribution in [0.4, 0.5) is 0 Å². The van der Waals surface area contributed by atoms with Gasteiger partial charge in [-0.3, -0.25) is 0 Å². The number of nitrogens with one attached hydrogen (secondary N) is 1. The van der Waals surface area contributed by atoms with Crippen molar-refractivity contribution in [3.8, 4) is 0 Å². The van der Waals surface area contributed by atoms with E-state index >= 15 is 0 Å². The van der Waals surface area contributed by atoms with Gasteiger partial charge in [-0.25, -0.2) is 0 Å². The zero-order chi connectivity index (χ0) is 12.1. The van der Waals surface area contributed by atoms with Crippen LogP contribution in [-0.4, -0.2) is 25.3 Å². The fraction of sp³-hybridized carbons (Fsp3) is 0.600. The molecule has 0 amide bonds. The summed E-state index contributed by atoms with van der Waals surface area (Å²) in [4.78, 5) is 0. The van der Waals surface area contributed by atoms with E-state index in [1.54, 1.807) is 0 Å². The average molecular weight is 233 g/mol. The highest BCUT2D eigenvalue weighted by Gasteiger charge is 2.35. The summed E-state index contributed by atoms with van der Waals surface area (Å²) < 4.78 is 6.03. The van der Waals surface area contributed by atoms with Gasteiger partial charge in [-0.2, -0.15) is 0 Å². The van der Waals surface area contributed by atoms with Gasteiger partial charge < -0.3 is 10.1 Å². The van der Waals surface area contributed by atoms with Crippen LogP contribution in [0.25, 0.3) is 0 Å². The Morgan fingerprint density at radius 2 is 2.06 bits per heavy atom. The quantitative estimate of drug-likeness (QED) is 0.863. The molecule has 0 bridgehead atoms. The number of likely N-dealkylation sites (N-methyl/N-ethyl adjacent to an activating group) is 1. The summed E-state index contributed by atoms with van der Waals surface area (Å²) in [5.74, 6) is 0. The fourth-order valence-corrected chi connectivity index (χ4v) is 2.70. The van der Waals surface area contributed by atoms with E-state index in [4.69, 9.17) is 4.74 Å². The predicted molar refractivity (Wildman–Crippen MR) is 71.2 cm³/mol. The summed E-state index contributed by atoms with van der Waals surface area (Å²) in [5, 5.41) is 3.44. The van der Waals surface area contributed by atoms with E-state index in [1.807, 2.05) is 7.05 Å². The molecular formula is C15H23NO. The topological polar surface area (TPSA) is 21.3 Å². The third-order valence-corrected chi connectivity index (χ3v) is 3.87. The van der Waals surface area contributed by atoms with Gasteiger partial charge in [0.15, 0.2) is 0 Å². The van der Waals surface area contributed by atoms with E-state index in [0.717, 1.165) is 19.4 Å². The molecule has 94 valence electrons. The van der Waals surface area contributed by atoms with Gasteiger partial charge in [0.05, 0.1) is 5.60 Å². The third-order valence-electron chi connectivity index (χ3n) is 3.87. The smallest absolute Gasteiger partial charge is 0.0809 e. The monoisotopic (exact) mass is 233 g/mol. The van der Waals surface area contributed by atoms with Gasteiger partial charge in [-0.15, -0.1) is 0 Å². The van der Waals surface area contributed by atoms with Gasteiger partial charge in [-0.05, 0) is 45.2 Å². The molecule has 0 spiro atoms. The first-order valence-electron chi connectivity index (χ1n) is 6.60. The highest BCUT2D eigenvalue weighted by Crippen LogP contribution is 2.29. The van der Waals surface area contributed by atoms with Crippen LogP contribution in [0, 0.1) is 0 Å². The lowest BCUT2D eigenvalue weighted by Gasteiger charge is -2.40. The molecule has 0 aliphatic carbocycles.